The molecule has 0 unspecified atom stereocenters. The van der Waals surface area contributed by atoms with E-state index >= 15 is 0 Å². The van der Waals surface area contributed by atoms with E-state index in [1.165, 1.54) is 11.3 Å². The number of para-hydroxylation sites is 1. The first-order valence-electron chi connectivity index (χ1n) is 9.33. The average Bonchev–Trinajstić information content (AvgIpc) is 3.08. The summed E-state index contributed by atoms with van der Waals surface area (Å²) in [6.45, 7) is 6.48. The number of hydrogen-bond acceptors (Lipinski definition) is 4. The highest BCUT2D eigenvalue weighted by Crippen LogP contribution is 2.27. The Morgan fingerprint density at radius 2 is 2.00 bits per heavy atom. The van der Waals surface area contributed by atoms with Gasteiger partial charge in [-0.3, -0.25) is 4.90 Å². The zero-order chi connectivity index (χ0) is 17.8. The van der Waals surface area contributed by atoms with Crippen molar-refractivity contribution in [2.75, 3.05) is 50.8 Å². The van der Waals surface area contributed by atoms with Gasteiger partial charge in [0.15, 0.2) is 0 Å². The van der Waals surface area contributed by atoms with Gasteiger partial charge < -0.3 is 14.4 Å². The zero-order valence-corrected chi connectivity index (χ0v) is 15.7. The maximum atomic E-state index is 6.00. The highest BCUT2D eigenvalue weighted by atomic mass is 35.5. The van der Waals surface area contributed by atoms with Crippen LogP contribution in [0.5, 0.6) is 5.75 Å². The molecule has 4 rings (SSSR count). The molecule has 1 atom stereocenters. The number of anilines is 1. The second-order valence-corrected chi connectivity index (χ2v) is 7.36. The molecule has 2 aliphatic heterocycles. The molecule has 0 aliphatic carbocycles. The van der Waals surface area contributed by atoms with Crippen LogP contribution in [0.25, 0.3) is 0 Å². The van der Waals surface area contributed by atoms with E-state index in [0.717, 1.165) is 51.5 Å². The first-order valence-corrected chi connectivity index (χ1v) is 9.71. The largest absolute Gasteiger partial charge is 0.491 e. The fourth-order valence-electron chi connectivity index (χ4n) is 3.73. The lowest BCUT2D eigenvalue weighted by Gasteiger charge is -2.34. The monoisotopic (exact) mass is 372 g/mol. The van der Waals surface area contributed by atoms with E-state index in [9.17, 15) is 0 Å². The molecule has 138 valence electrons. The smallest absolute Gasteiger partial charge is 0.120 e. The summed E-state index contributed by atoms with van der Waals surface area (Å²) in [6.07, 6.45) is 1.27. The van der Waals surface area contributed by atoms with E-state index in [4.69, 9.17) is 21.1 Å². The minimum absolute atomic E-state index is 0.105. The summed E-state index contributed by atoms with van der Waals surface area (Å²) < 4.78 is 11.7. The van der Waals surface area contributed by atoms with Crippen LogP contribution in [0.3, 0.4) is 0 Å². The minimum Gasteiger partial charge on any atom is -0.491 e. The Hall–Kier alpha value is -1.75. The molecule has 0 spiro atoms. The Morgan fingerprint density at radius 3 is 2.92 bits per heavy atom. The van der Waals surface area contributed by atoms with Crippen molar-refractivity contribution in [2.24, 2.45) is 0 Å². The lowest BCUT2D eigenvalue weighted by Crippen LogP contribution is -2.47. The third-order valence-corrected chi connectivity index (χ3v) is 5.36. The molecule has 1 fully saturated rings. The molecule has 26 heavy (non-hydrogen) atoms. The molecule has 1 saturated heterocycles. The van der Waals surface area contributed by atoms with Crippen molar-refractivity contribution in [3.8, 4) is 5.75 Å². The Balaban J connectivity index is 1.25. The van der Waals surface area contributed by atoms with Gasteiger partial charge in [-0.25, -0.2) is 0 Å². The molecular weight excluding hydrogens is 348 g/mol. The molecule has 0 aromatic heterocycles. The number of rotatable bonds is 6. The highest BCUT2D eigenvalue weighted by molar-refractivity contribution is 6.30. The molecule has 4 nitrogen and oxygen atoms in total. The number of ether oxygens (including phenoxy) is 2. The highest BCUT2D eigenvalue weighted by Gasteiger charge is 2.23. The summed E-state index contributed by atoms with van der Waals surface area (Å²) in [5, 5.41) is 0.694. The van der Waals surface area contributed by atoms with Gasteiger partial charge in [0.05, 0.1) is 6.61 Å². The van der Waals surface area contributed by atoms with E-state index in [1.54, 1.807) is 0 Å². The fraction of sp³-hybridized carbons (Fsp3) is 0.429. The maximum absolute atomic E-state index is 6.00. The lowest BCUT2D eigenvalue weighted by molar-refractivity contribution is -0.0470. The van der Waals surface area contributed by atoms with Crippen LogP contribution in [-0.2, 0) is 11.2 Å². The topological polar surface area (TPSA) is 24.9 Å². The third-order valence-electron chi connectivity index (χ3n) is 5.12. The van der Waals surface area contributed by atoms with Crippen LogP contribution in [0.4, 0.5) is 5.69 Å². The predicted octanol–water partition coefficient (Wildman–Crippen LogP) is 3.48. The van der Waals surface area contributed by atoms with Crippen molar-refractivity contribution in [3.63, 3.8) is 0 Å². The van der Waals surface area contributed by atoms with Crippen LogP contribution in [0, 0.1) is 0 Å². The molecule has 0 radical (unpaired) electrons. The molecule has 2 aliphatic rings. The maximum Gasteiger partial charge on any atom is 0.120 e. The fourth-order valence-corrected chi connectivity index (χ4v) is 3.91. The van der Waals surface area contributed by atoms with Crippen molar-refractivity contribution in [3.05, 3.63) is 59.1 Å². The molecule has 2 aromatic rings. The van der Waals surface area contributed by atoms with Crippen molar-refractivity contribution in [1.29, 1.82) is 0 Å². The summed E-state index contributed by atoms with van der Waals surface area (Å²) >= 11 is 6.00. The van der Waals surface area contributed by atoms with Gasteiger partial charge in [0.25, 0.3) is 0 Å². The number of benzene rings is 2. The van der Waals surface area contributed by atoms with Gasteiger partial charge in [0.2, 0.25) is 0 Å². The van der Waals surface area contributed by atoms with Crippen LogP contribution >= 0.6 is 11.6 Å². The van der Waals surface area contributed by atoms with E-state index in [0.29, 0.717) is 11.6 Å². The zero-order valence-electron chi connectivity index (χ0n) is 14.9. The summed E-state index contributed by atoms with van der Waals surface area (Å²) in [5.41, 5.74) is 2.88. The van der Waals surface area contributed by atoms with E-state index in [-0.39, 0.29) is 6.10 Å². The number of hydrogen-bond donors (Lipinski definition) is 0. The minimum atomic E-state index is 0.105. The van der Waals surface area contributed by atoms with Crippen molar-refractivity contribution in [1.82, 2.24) is 4.90 Å². The number of halogens is 1. The Bertz CT molecular complexity index is 739. The van der Waals surface area contributed by atoms with Gasteiger partial charge in [-0.1, -0.05) is 35.9 Å². The molecule has 0 amide bonds. The Labute approximate surface area is 160 Å². The van der Waals surface area contributed by atoms with Crippen LogP contribution in [0.2, 0.25) is 5.02 Å². The molecule has 2 aromatic carbocycles. The van der Waals surface area contributed by atoms with Crippen molar-refractivity contribution >= 4 is 17.3 Å². The molecule has 0 saturated carbocycles. The van der Waals surface area contributed by atoms with E-state index < -0.39 is 0 Å². The Kier molecular flexibility index (Phi) is 5.63. The second kappa shape index (κ2) is 8.30. The quantitative estimate of drug-likeness (QED) is 0.775. The SMILES string of the molecule is Clc1cccc(OC[C@@H]2CN(CCN3CCc4ccccc43)CCO2)c1. The number of fused-ring (bicyclic) bond motifs is 1. The van der Waals surface area contributed by atoms with Gasteiger partial charge in [-0.05, 0) is 36.2 Å². The molecular formula is C21H25ClN2O2. The first-order chi connectivity index (χ1) is 12.8. The van der Waals surface area contributed by atoms with Crippen LogP contribution in [0.1, 0.15) is 5.56 Å². The van der Waals surface area contributed by atoms with Gasteiger partial charge in [-0.2, -0.15) is 0 Å². The standard InChI is InChI=1S/C21H25ClN2O2/c22-18-5-3-6-19(14-18)26-16-20-15-23(12-13-25-20)10-11-24-9-8-17-4-1-2-7-21(17)24/h1-7,14,20H,8-13,15-16H2/t20-/m0/s1. The molecule has 0 bridgehead atoms. The van der Waals surface area contributed by atoms with Crippen LogP contribution in [-0.4, -0.2) is 56.9 Å². The van der Waals surface area contributed by atoms with Crippen LogP contribution < -0.4 is 9.64 Å². The first kappa shape index (κ1) is 17.7. The van der Waals surface area contributed by atoms with Gasteiger partial charge >= 0.3 is 0 Å². The van der Waals surface area contributed by atoms with Gasteiger partial charge in [0, 0.05) is 43.4 Å². The van der Waals surface area contributed by atoms with E-state index in [1.807, 2.05) is 24.3 Å². The number of nitrogens with zero attached hydrogens (tertiary/aromatic N) is 2. The molecule has 0 N–H and O–H groups in total. The van der Waals surface area contributed by atoms with Crippen molar-refractivity contribution < 1.29 is 9.47 Å². The summed E-state index contributed by atoms with van der Waals surface area (Å²) in [7, 11) is 0. The lowest BCUT2D eigenvalue weighted by atomic mass is 10.2. The predicted molar refractivity (Wildman–Crippen MR) is 105 cm³/mol. The third kappa shape index (κ3) is 4.32. The van der Waals surface area contributed by atoms with E-state index in [2.05, 4.69) is 34.1 Å². The Morgan fingerprint density at radius 1 is 1.08 bits per heavy atom. The van der Waals surface area contributed by atoms with Crippen molar-refractivity contribution in [2.45, 2.75) is 12.5 Å². The van der Waals surface area contributed by atoms with Crippen LogP contribution in [0.15, 0.2) is 48.5 Å². The summed E-state index contributed by atoms with van der Waals surface area (Å²) in [6, 6.07) is 16.3. The number of morpholine rings is 1. The molecule has 5 heteroatoms. The second-order valence-electron chi connectivity index (χ2n) is 6.93. The van der Waals surface area contributed by atoms with Gasteiger partial charge in [0.1, 0.15) is 18.5 Å². The summed E-state index contributed by atoms with van der Waals surface area (Å²) in [5.74, 6) is 0.798. The summed E-state index contributed by atoms with van der Waals surface area (Å²) in [4.78, 5) is 4.98. The van der Waals surface area contributed by atoms with Gasteiger partial charge in [-0.15, -0.1) is 0 Å². The average molecular weight is 373 g/mol. The molecule has 2 heterocycles. The normalized spacial score (nSPS) is 20.2.